The van der Waals surface area contributed by atoms with Gasteiger partial charge in [-0.05, 0) is 29.7 Å². The first-order valence-corrected chi connectivity index (χ1v) is 6.14. The van der Waals surface area contributed by atoms with Crippen LogP contribution in [0.3, 0.4) is 0 Å². The molecular weight excluding hydrogens is 236 g/mol. The Hall–Kier alpha value is -1.59. The maximum Gasteiger partial charge on any atom is 0.133 e. The maximum absolute atomic E-state index is 8.67. The highest BCUT2D eigenvalue weighted by molar-refractivity contribution is 7.20. The predicted octanol–water partition coefficient (Wildman–Crippen LogP) is 1.95. The van der Waals surface area contributed by atoms with Crippen LogP contribution in [0, 0.1) is 5.41 Å². The molecule has 1 heterocycles. The van der Waals surface area contributed by atoms with Gasteiger partial charge in [0.1, 0.15) is 11.6 Å². The average Bonchev–Trinajstić information content (AvgIpc) is 2.72. The molecule has 0 fully saturated rings. The molecule has 1 aromatic heterocycles. The van der Waals surface area contributed by atoms with E-state index < -0.39 is 0 Å². The van der Waals surface area contributed by atoms with Crippen LogP contribution in [0.5, 0.6) is 5.75 Å². The fourth-order valence-electron chi connectivity index (χ4n) is 1.49. The van der Waals surface area contributed by atoms with E-state index in [-0.39, 0.29) is 12.4 Å². The van der Waals surface area contributed by atoms with Gasteiger partial charge in [-0.3, -0.25) is 5.41 Å². The second kappa shape index (κ2) is 5.16. The predicted molar refractivity (Wildman–Crippen MR) is 70.0 cm³/mol. The number of hydrogen-bond donors (Lipinski definition) is 3. The van der Waals surface area contributed by atoms with Crippen molar-refractivity contribution in [2.45, 2.75) is 6.42 Å². The zero-order valence-corrected chi connectivity index (χ0v) is 10.1. The molecule has 2 aromatic rings. The number of nitrogens with one attached hydrogen (secondary N) is 1. The fourth-order valence-corrected chi connectivity index (χ4v) is 2.44. The van der Waals surface area contributed by atoms with Crippen molar-refractivity contribution in [1.29, 1.82) is 5.41 Å². The summed E-state index contributed by atoms with van der Waals surface area (Å²) in [6.45, 7) is 0.642. The van der Waals surface area contributed by atoms with E-state index in [0.717, 1.165) is 20.7 Å². The number of benzene rings is 1. The van der Waals surface area contributed by atoms with E-state index in [1.165, 1.54) is 11.3 Å². The lowest BCUT2D eigenvalue weighted by Gasteiger charge is -2.04. The van der Waals surface area contributed by atoms with Crippen LogP contribution in [0.4, 0.5) is 0 Å². The molecule has 1 aromatic carbocycles. The number of amidine groups is 1. The largest absolute Gasteiger partial charge is 0.493 e. The number of nitrogens with two attached hydrogens (primary N) is 1. The Balaban J connectivity index is 2.21. The number of fused-ring (bicyclic) bond motifs is 1. The zero-order chi connectivity index (χ0) is 12.3. The third kappa shape index (κ3) is 2.75. The van der Waals surface area contributed by atoms with Crippen LogP contribution in [0.25, 0.3) is 10.1 Å². The summed E-state index contributed by atoms with van der Waals surface area (Å²) in [5, 5.41) is 17.1. The van der Waals surface area contributed by atoms with Gasteiger partial charge < -0.3 is 15.6 Å². The average molecular weight is 250 g/mol. The van der Waals surface area contributed by atoms with Gasteiger partial charge >= 0.3 is 0 Å². The Morgan fingerprint density at radius 3 is 2.94 bits per heavy atom. The van der Waals surface area contributed by atoms with Crippen molar-refractivity contribution in [3.8, 4) is 5.75 Å². The Morgan fingerprint density at radius 1 is 1.41 bits per heavy atom. The highest BCUT2D eigenvalue weighted by atomic mass is 32.1. The lowest BCUT2D eigenvalue weighted by Crippen LogP contribution is -2.08. The SMILES string of the molecule is N=C(N)c1cc2ccc(OCCCO)cc2s1. The first kappa shape index (κ1) is 11.9. The van der Waals surface area contributed by atoms with Gasteiger partial charge in [0.2, 0.25) is 0 Å². The van der Waals surface area contributed by atoms with Gasteiger partial charge in [-0.25, -0.2) is 0 Å². The highest BCUT2D eigenvalue weighted by Crippen LogP contribution is 2.28. The monoisotopic (exact) mass is 250 g/mol. The number of aliphatic hydroxyl groups is 1. The molecule has 0 spiro atoms. The molecule has 0 radical (unpaired) electrons. The molecule has 5 heteroatoms. The summed E-state index contributed by atoms with van der Waals surface area (Å²) < 4.78 is 6.54. The lowest BCUT2D eigenvalue weighted by molar-refractivity contribution is 0.234. The number of ether oxygens (including phenoxy) is 1. The molecule has 0 unspecified atom stereocenters. The minimum Gasteiger partial charge on any atom is -0.493 e. The van der Waals surface area contributed by atoms with Crippen LogP contribution in [0.1, 0.15) is 11.3 Å². The summed E-state index contributed by atoms with van der Waals surface area (Å²) >= 11 is 1.48. The second-order valence-electron chi connectivity index (χ2n) is 3.65. The molecule has 2 rings (SSSR count). The van der Waals surface area contributed by atoms with E-state index >= 15 is 0 Å². The van der Waals surface area contributed by atoms with Crippen molar-refractivity contribution in [3.05, 3.63) is 29.1 Å². The van der Waals surface area contributed by atoms with E-state index in [2.05, 4.69) is 0 Å². The van der Waals surface area contributed by atoms with Crippen LogP contribution in [0.15, 0.2) is 24.3 Å². The van der Waals surface area contributed by atoms with Crippen LogP contribution < -0.4 is 10.5 Å². The van der Waals surface area contributed by atoms with Crippen molar-refractivity contribution < 1.29 is 9.84 Å². The molecule has 0 saturated heterocycles. The molecule has 17 heavy (non-hydrogen) atoms. The van der Waals surface area contributed by atoms with Crippen LogP contribution in [-0.2, 0) is 0 Å². The Bertz CT molecular complexity index is 536. The van der Waals surface area contributed by atoms with E-state index in [1.807, 2.05) is 24.3 Å². The summed E-state index contributed by atoms with van der Waals surface area (Å²) in [6.07, 6.45) is 0.626. The Labute approximate surface area is 103 Å². The Kier molecular flexibility index (Phi) is 3.61. The van der Waals surface area contributed by atoms with Crippen molar-refractivity contribution in [2.75, 3.05) is 13.2 Å². The van der Waals surface area contributed by atoms with Crippen molar-refractivity contribution in [1.82, 2.24) is 0 Å². The van der Waals surface area contributed by atoms with Gasteiger partial charge in [0, 0.05) is 17.7 Å². The smallest absolute Gasteiger partial charge is 0.133 e. The minimum absolute atomic E-state index is 0.0916. The summed E-state index contributed by atoms with van der Waals surface area (Å²) in [4.78, 5) is 0.771. The number of aliphatic hydroxyl groups excluding tert-OH is 1. The van der Waals surface area contributed by atoms with E-state index in [9.17, 15) is 0 Å². The molecule has 4 N–H and O–H groups in total. The van der Waals surface area contributed by atoms with Crippen molar-refractivity contribution in [3.63, 3.8) is 0 Å². The fraction of sp³-hybridized carbons (Fsp3) is 0.250. The zero-order valence-electron chi connectivity index (χ0n) is 9.27. The topological polar surface area (TPSA) is 79.3 Å². The number of rotatable bonds is 5. The van der Waals surface area contributed by atoms with E-state index in [0.29, 0.717) is 13.0 Å². The van der Waals surface area contributed by atoms with Crippen LogP contribution in [0.2, 0.25) is 0 Å². The van der Waals surface area contributed by atoms with Crippen LogP contribution >= 0.6 is 11.3 Å². The van der Waals surface area contributed by atoms with Gasteiger partial charge in [-0.15, -0.1) is 11.3 Å². The van der Waals surface area contributed by atoms with E-state index in [4.69, 9.17) is 21.0 Å². The number of thiophene rings is 1. The maximum atomic E-state index is 8.67. The van der Waals surface area contributed by atoms with Gasteiger partial charge in [0.25, 0.3) is 0 Å². The third-order valence-corrected chi connectivity index (χ3v) is 3.46. The highest BCUT2D eigenvalue weighted by Gasteiger charge is 2.05. The van der Waals surface area contributed by atoms with Gasteiger partial charge in [-0.1, -0.05) is 0 Å². The van der Waals surface area contributed by atoms with Gasteiger partial charge in [-0.2, -0.15) is 0 Å². The molecular formula is C12H14N2O2S. The summed E-state index contributed by atoms with van der Waals surface area (Å²) in [5.74, 6) is 0.872. The summed E-state index contributed by atoms with van der Waals surface area (Å²) in [7, 11) is 0. The first-order chi connectivity index (χ1) is 8.20. The molecule has 0 aliphatic heterocycles. The molecule has 0 saturated carbocycles. The molecule has 0 atom stereocenters. The Morgan fingerprint density at radius 2 is 2.24 bits per heavy atom. The normalized spacial score (nSPS) is 10.6. The van der Waals surface area contributed by atoms with Gasteiger partial charge in [0.15, 0.2) is 0 Å². The first-order valence-electron chi connectivity index (χ1n) is 5.32. The number of hydrogen-bond acceptors (Lipinski definition) is 4. The van der Waals surface area contributed by atoms with Crippen LogP contribution in [-0.4, -0.2) is 24.2 Å². The third-order valence-electron chi connectivity index (χ3n) is 2.33. The molecule has 0 aliphatic rings. The van der Waals surface area contributed by atoms with Gasteiger partial charge in [0.05, 0.1) is 11.5 Å². The minimum atomic E-state index is 0.0916. The molecule has 0 bridgehead atoms. The standard InChI is InChI=1S/C12H14N2O2S/c13-12(14)11-6-8-2-3-9(7-10(8)17-11)16-5-1-4-15/h2-3,6-7,15H,1,4-5H2,(H3,13,14). The molecule has 4 nitrogen and oxygen atoms in total. The number of nitrogen functional groups attached to an aromatic ring is 1. The van der Waals surface area contributed by atoms with Crippen molar-refractivity contribution in [2.24, 2.45) is 5.73 Å². The summed E-state index contributed by atoms with van der Waals surface area (Å²) in [6, 6.07) is 7.67. The van der Waals surface area contributed by atoms with Crippen molar-refractivity contribution >= 4 is 27.3 Å². The second-order valence-corrected chi connectivity index (χ2v) is 4.73. The molecule has 90 valence electrons. The molecule has 0 amide bonds. The lowest BCUT2D eigenvalue weighted by atomic mass is 10.2. The van der Waals surface area contributed by atoms with E-state index in [1.54, 1.807) is 0 Å². The molecule has 0 aliphatic carbocycles. The quantitative estimate of drug-likeness (QED) is 0.431. The summed E-state index contributed by atoms with van der Waals surface area (Å²) in [5.41, 5.74) is 5.45.